The largest absolute Gasteiger partial charge is 0.395 e. The average molecular weight is 222 g/mol. The summed E-state index contributed by atoms with van der Waals surface area (Å²) in [5.41, 5.74) is 1.05. The second kappa shape index (κ2) is 5.77. The summed E-state index contributed by atoms with van der Waals surface area (Å²) in [7, 11) is 0. The lowest BCUT2D eigenvalue weighted by atomic mass is 10.3. The number of hydrogen-bond acceptors (Lipinski definition) is 5. The summed E-state index contributed by atoms with van der Waals surface area (Å²) in [5, 5.41) is 11.7. The lowest BCUT2D eigenvalue weighted by Crippen LogP contribution is -2.21. The Morgan fingerprint density at radius 1 is 1.25 bits per heavy atom. The highest BCUT2D eigenvalue weighted by Crippen LogP contribution is 2.14. The molecule has 88 valence electrons. The minimum absolute atomic E-state index is 0.159. The molecular weight excluding hydrogens is 204 g/mol. The van der Waals surface area contributed by atoms with Gasteiger partial charge in [0.2, 0.25) is 5.95 Å². The number of rotatable bonds is 5. The molecule has 0 amide bonds. The van der Waals surface area contributed by atoms with Crippen LogP contribution < -0.4 is 10.2 Å². The molecule has 2 heterocycles. The second-order valence-electron chi connectivity index (χ2n) is 3.99. The van der Waals surface area contributed by atoms with Gasteiger partial charge in [-0.05, 0) is 12.8 Å². The number of nitrogens with one attached hydrogen (secondary N) is 1. The van der Waals surface area contributed by atoms with Gasteiger partial charge in [0.15, 0.2) is 0 Å². The molecule has 0 aliphatic carbocycles. The molecule has 0 saturated carbocycles. The van der Waals surface area contributed by atoms with Crippen molar-refractivity contribution in [1.29, 1.82) is 0 Å². The first-order valence-corrected chi connectivity index (χ1v) is 5.77. The summed E-state index contributed by atoms with van der Waals surface area (Å²) < 4.78 is 0. The number of aliphatic hydroxyl groups is 1. The van der Waals surface area contributed by atoms with Crippen molar-refractivity contribution in [3.63, 3.8) is 0 Å². The summed E-state index contributed by atoms with van der Waals surface area (Å²) in [6.07, 6.45) is 6.18. The molecule has 0 atom stereocenters. The van der Waals surface area contributed by atoms with Crippen molar-refractivity contribution in [3.05, 3.63) is 18.0 Å². The highest BCUT2D eigenvalue weighted by atomic mass is 16.3. The number of nitrogens with zero attached hydrogens (tertiary/aromatic N) is 3. The number of hydrogen-bond donors (Lipinski definition) is 2. The molecule has 2 N–H and O–H groups in total. The van der Waals surface area contributed by atoms with Gasteiger partial charge in [-0.15, -0.1) is 0 Å². The number of aromatic nitrogens is 2. The highest BCUT2D eigenvalue weighted by molar-refractivity contribution is 5.30. The van der Waals surface area contributed by atoms with Crippen LogP contribution in [-0.2, 0) is 6.54 Å². The van der Waals surface area contributed by atoms with Gasteiger partial charge in [0, 0.05) is 44.1 Å². The SMILES string of the molecule is OCCNCc1cnc(N2CCCC2)nc1. The van der Waals surface area contributed by atoms with E-state index in [4.69, 9.17) is 5.11 Å². The van der Waals surface area contributed by atoms with Gasteiger partial charge in [0.25, 0.3) is 0 Å². The van der Waals surface area contributed by atoms with E-state index in [-0.39, 0.29) is 6.61 Å². The zero-order chi connectivity index (χ0) is 11.2. The molecule has 0 unspecified atom stereocenters. The fourth-order valence-corrected chi connectivity index (χ4v) is 1.83. The van der Waals surface area contributed by atoms with Crippen LogP contribution in [0.15, 0.2) is 12.4 Å². The normalized spacial score (nSPS) is 15.7. The van der Waals surface area contributed by atoms with Crippen LogP contribution in [0.5, 0.6) is 0 Å². The molecule has 1 aliphatic heterocycles. The van der Waals surface area contributed by atoms with E-state index in [1.165, 1.54) is 12.8 Å². The van der Waals surface area contributed by atoms with Gasteiger partial charge in [0.05, 0.1) is 6.61 Å². The first-order chi connectivity index (χ1) is 7.90. The maximum absolute atomic E-state index is 8.63. The van der Waals surface area contributed by atoms with Gasteiger partial charge < -0.3 is 15.3 Å². The van der Waals surface area contributed by atoms with Gasteiger partial charge in [-0.3, -0.25) is 0 Å². The van der Waals surface area contributed by atoms with E-state index in [1.54, 1.807) is 0 Å². The maximum Gasteiger partial charge on any atom is 0.225 e. The molecule has 0 aromatic carbocycles. The summed E-state index contributed by atoms with van der Waals surface area (Å²) in [5.74, 6) is 0.836. The highest BCUT2D eigenvalue weighted by Gasteiger charge is 2.14. The molecule has 1 saturated heterocycles. The Morgan fingerprint density at radius 2 is 1.94 bits per heavy atom. The topological polar surface area (TPSA) is 61.3 Å². The van der Waals surface area contributed by atoms with Crippen LogP contribution in [0.2, 0.25) is 0 Å². The van der Waals surface area contributed by atoms with Gasteiger partial charge >= 0.3 is 0 Å². The van der Waals surface area contributed by atoms with Crippen molar-refractivity contribution < 1.29 is 5.11 Å². The van der Waals surface area contributed by atoms with Gasteiger partial charge in [-0.25, -0.2) is 9.97 Å². The van der Waals surface area contributed by atoms with Crippen molar-refractivity contribution in [2.45, 2.75) is 19.4 Å². The van der Waals surface area contributed by atoms with E-state index in [0.717, 1.165) is 24.6 Å². The van der Waals surface area contributed by atoms with Crippen LogP contribution in [0.25, 0.3) is 0 Å². The molecule has 1 fully saturated rings. The quantitative estimate of drug-likeness (QED) is 0.695. The van der Waals surface area contributed by atoms with E-state index < -0.39 is 0 Å². The molecule has 0 bridgehead atoms. The van der Waals surface area contributed by atoms with Crippen LogP contribution in [0.3, 0.4) is 0 Å². The van der Waals surface area contributed by atoms with Crippen molar-refractivity contribution in [1.82, 2.24) is 15.3 Å². The third kappa shape index (κ3) is 2.90. The summed E-state index contributed by atoms with van der Waals surface area (Å²) in [6.45, 7) is 3.62. The molecule has 5 nitrogen and oxygen atoms in total. The van der Waals surface area contributed by atoms with E-state index in [2.05, 4.69) is 20.2 Å². The summed E-state index contributed by atoms with van der Waals surface area (Å²) in [4.78, 5) is 10.9. The predicted octanol–water partition coefficient (Wildman–Crippen LogP) is 0.159. The van der Waals surface area contributed by atoms with Crippen molar-refractivity contribution in [2.24, 2.45) is 0 Å². The third-order valence-corrected chi connectivity index (χ3v) is 2.70. The molecule has 0 spiro atoms. The zero-order valence-corrected chi connectivity index (χ0v) is 9.39. The molecule has 0 radical (unpaired) electrons. The van der Waals surface area contributed by atoms with E-state index >= 15 is 0 Å². The van der Waals surface area contributed by atoms with Gasteiger partial charge in [-0.1, -0.05) is 0 Å². The van der Waals surface area contributed by atoms with Crippen molar-refractivity contribution >= 4 is 5.95 Å². The molecule has 1 aromatic heterocycles. The smallest absolute Gasteiger partial charge is 0.225 e. The molecule has 2 rings (SSSR count). The number of anilines is 1. The first-order valence-electron chi connectivity index (χ1n) is 5.77. The van der Waals surface area contributed by atoms with E-state index in [0.29, 0.717) is 13.1 Å². The fraction of sp³-hybridized carbons (Fsp3) is 0.636. The monoisotopic (exact) mass is 222 g/mol. The number of aliphatic hydroxyl groups excluding tert-OH is 1. The molecule has 1 aromatic rings. The Balaban J connectivity index is 1.88. The molecule has 1 aliphatic rings. The van der Waals surface area contributed by atoms with Crippen LogP contribution in [-0.4, -0.2) is 41.3 Å². The van der Waals surface area contributed by atoms with Crippen molar-refractivity contribution in [3.8, 4) is 0 Å². The van der Waals surface area contributed by atoms with E-state index in [9.17, 15) is 0 Å². The van der Waals surface area contributed by atoms with Gasteiger partial charge in [-0.2, -0.15) is 0 Å². The Labute approximate surface area is 95.5 Å². The Morgan fingerprint density at radius 3 is 2.56 bits per heavy atom. The van der Waals surface area contributed by atoms with Crippen molar-refractivity contribution in [2.75, 3.05) is 31.1 Å². The first kappa shape index (κ1) is 11.3. The standard InChI is InChI=1S/C11H18N4O/c16-6-3-12-7-10-8-13-11(14-9-10)15-4-1-2-5-15/h8-9,12,16H,1-7H2. The average Bonchev–Trinajstić information content (AvgIpc) is 2.84. The van der Waals surface area contributed by atoms with Crippen LogP contribution in [0.4, 0.5) is 5.95 Å². The summed E-state index contributed by atoms with van der Waals surface area (Å²) >= 11 is 0. The van der Waals surface area contributed by atoms with Gasteiger partial charge in [0.1, 0.15) is 0 Å². The zero-order valence-electron chi connectivity index (χ0n) is 9.39. The predicted molar refractivity (Wildman–Crippen MR) is 62.3 cm³/mol. The molecule has 5 heteroatoms. The molecule has 16 heavy (non-hydrogen) atoms. The third-order valence-electron chi connectivity index (χ3n) is 2.70. The van der Waals surface area contributed by atoms with E-state index in [1.807, 2.05) is 12.4 Å². The maximum atomic E-state index is 8.63. The van der Waals surface area contributed by atoms with Crippen LogP contribution >= 0.6 is 0 Å². The second-order valence-corrected chi connectivity index (χ2v) is 3.99. The lowest BCUT2D eigenvalue weighted by Gasteiger charge is -2.14. The van der Waals surface area contributed by atoms with Crippen LogP contribution in [0, 0.1) is 0 Å². The Kier molecular flexibility index (Phi) is 4.07. The Bertz CT molecular complexity index is 308. The molecular formula is C11H18N4O. The minimum atomic E-state index is 0.159. The van der Waals surface area contributed by atoms with Crippen LogP contribution in [0.1, 0.15) is 18.4 Å². The lowest BCUT2D eigenvalue weighted by molar-refractivity contribution is 0.292. The Hall–Kier alpha value is -1.20. The summed E-state index contributed by atoms with van der Waals surface area (Å²) in [6, 6.07) is 0. The fourth-order valence-electron chi connectivity index (χ4n) is 1.83. The minimum Gasteiger partial charge on any atom is -0.395 e.